The van der Waals surface area contributed by atoms with Gasteiger partial charge in [-0.1, -0.05) is 13.8 Å². The average molecular weight is 211 g/mol. The fraction of sp³-hybridized carbons (Fsp3) is 1.00. The molecule has 2 saturated heterocycles. The van der Waals surface area contributed by atoms with E-state index in [0.29, 0.717) is 0 Å². The van der Waals surface area contributed by atoms with Crippen LogP contribution >= 0.6 is 0 Å². The maximum Gasteiger partial charge on any atom is 0.0351 e. The molecule has 88 valence electrons. The van der Waals surface area contributed by atoms with Gasteiger partial charge in [0.05, 0.1) is 0 Å². The molecule has 2 aliphatic heterocycles. The Morgan fingerprint density at radius 2 is 2.07 bits per heavy atom. The number of hydrogen-bond donors (Lipinski definition) is 1. The summed E-state index contributed by atoms with van der Waals surface area (Å²) < 4.78 is 0. The number of fused-ring (bicyclic) bond motifs is 1. The molecule has 1 N–H and O–H groups in total. The van der Waals surface area contributed by atoms with Crippen LogP contribution in [0.3, 0.4) is 0 Å². The van der Waals surface area contributed by atoms with Crippen molar-refractivity contribution < 1.29 is 0 Å². The average Bonchev–Trinajstić information content (AvgIpc) is 2.16. The molecule has 0 spiro atoms. The minimum Gasteiger partial charge on any atom is -0.314 e. The zero-order valence-corrected chi connectivity index (χ0v) is 10.4. The lowest BCUT2D eigenvalue weighted by Crippen LogP contribution is -2.64. The molecular formula is C12H25N3. The van der Waals surface area contributed by atoms with E-state index in [9.17, 15) is 0 Å². The second kappa shape index (κ2) is 4.81. The molecule has 0 radical (unpaired) electrons. The molecule has 2 fully saturated rings. The third kappa shape index (κ3) is 2.71. The maximum absolute atomic E-state index is 3.59. The summed E-state index contributed by atoms with van der Waals surface area (Å²) in [7, 11) is 2.24. The minimum atomic E-state index is 0.751. The summed E-state index contributed by atoms with van der Waals surface area (Å²) in [4.78, 5) is 5.21. The molecule has 2 unspecified atom stereocenters. The van der Waals surface area contributed by atoms with E-state index in [1.54, 1.807) is 0 Å². The highest BCUT2D eigenvalue weighted by Crippen LogP contribution is 2.20. The van der Waals surface area contributed by atoms with Crippen molar-refractivity contribution >= 4 is 0 Å². The lowest BCUT2D eigenvalue weighted by molar-refractivity contribution is 0.0221. The van der Waals surface area contributed by atoms with E-state index in [1.807, 2.05) is 0 Å². The summed E-state index contributed by atoms with van der Waals surface area (Å²) in [5.41, 5.74) is 0. The van der Waals surface area contributed by atoms with Gasteiger partial charge in [0, 0.05) is 44.8 Å². The van der Waals surface area contributed by atoms with Crippen molar-refractivity contribution in [2.45, 2.75) is 32.4 Å². The SMILES string of the molecule is CC(C)CC1CNCC2CN(C)CCN12. The molecule has 2 atom stereocenters. The predicted octanol–water partition coefficient (Wildman–Crippen LogP) is 0.620. The highest BCUT2D eigenvalue weighted by Gasteiger charge is 2.33. The number of rotatable bonds is 2. The molecule has 2 heterocycles. The van der Waals surface area contributed by atoms with Crippen molar-refractivity contribution in [2.75, 3.05) is 39.8 Å². The second-order valence-electron chi connectivity index (χ2n) is 5.60. The normalized spacial score (nSPS) is 34.4. The molecule has 3 nitrogen and oxygen atoms in total. The van der Waals surface area contributed by atoms with E-state index < -0.39 is 0 Å². The largest absolute Gasteiger partial charge is 0.314 e. The smallest absolute Gasteiger partial charge is 0.0351 e. The monoisotopic (exact) mass is 211 g/mol. The van der Waals surface area contributed by atoms with E-state index >= 15 is 0 Å². The maximum atomic E-state index is 3.59. The minimum absolute atomic E-state index is 0.751. The molecule has 0 aliphatic carbocycles. The molecule has 15 heavy (non-hydrogen) atoms. The first-order chi connectivity index (χ1) is 7.16. The predicted molar refractivity (Wildman–Crippen MR) is 64.1 cm³/mol. The summed E-state index contributed by atoms with van der Waals surface area (Å²) in [6.07, 6.45) is 1.34. The van der Waals surface area contributed by atoms with Crippen molar-refractivity contribution in [2.24, 2.45) is 5.92 Å². The topological polar surface area (TPSA) is 18.5 Å². The first kappa shape index (κ1) is 11.4. The van der Waals surface area contributed by atoms with E-state index in [0.717, 1.165) is 18.0 Å². The van der Waals surface area contributed by atoms with E-state index in [4.69, 9.17) is 0 Å². The molecule has 2 rings (SSSR count). The Kier molecular flexibility index (Phi) is 3.65. The fourth-order valence-corrected chi connectivity index (χ4v) is 2.98. The highest BCUT2D eigenvalue weighted by molar-refractivity contribution is 4.92. The van der Waals surface area contributed by atoms with Crippen LogP contribution in [0.5, 0.6) is 0 Å². The Morgan fingerprint density at radius 1 is 1.27 bits per heavy atom. The van der Waals surface area contributed by atoms with Gasteiger partial charge in [0.15, 0.2) is 0 Å². The second-order valence-corrected chi connectivity index (χ2v) is 5.60. The third-order valence-corrected chi connectivity index (χ3v) is 3.70. The van der Waals surface area contributed by atoms with Gasteiger partial charge in [-0.3, -0.25) is 4.90 Å². The van der Waals surface area contributed by atoms with Gasteiger partial charge < -0.3 is 10.2 Å². The van der Waals surface area contributed by atoms with Gasteiger partial charge in [-0.15, -0.1) is 0 Å². The van der Waals surface area contributed by atoms with Crippen LogP contribution in [0.15, 0.2) is 0 Å². The number of nitrogens with one attached hydrogen (secondary N) is 1. The van der Waals surface area contributed by atoms with E-state index in [2.05, 4.69) is 36.0 Å². The first-order valence-corrected chi connectivity index (χ1v) is 6.32. The van der Waals surface area contributed by atoms with Crippen molar-refractivity contribution in [1.29, 1.82) is 0 Å². The zero-order valence-electron chi connectivity index (χ0n) is 10.4. The Labute approximate surface area is 93.8 Å². The zero-order chi connectivity index (χ0) is 10.8. The van der Waals surface area contributed by atoms with Crippen LogP contribution in [-0.2, 0) is 0 Å². The van der Waals surface area contributed by atoms with Crippen LogP contribution in [0.2, 0.25) is 0 Å². The van der Waals surface area contributed by atoms with Gasteiger partial charge in [-0.25, -0.2) is 0 Å². The molecule has 0 aromatic carbocycles. The molecule has 0 saturated carbocycles. The molecule has 0 bridgehead atoms. The van der Waals surface area contributed by atoms with Crippen molar-refractivity contribution in [3.05, 3.63) is 0 Å². The van der Waals surface area contributed by atoms with E-state index in [-0.39, 0.29) is 0 Å². The molecular weight excluding hydrogens is 186 g/mol. The van der Waals surface area contributed by atoms with Gasteiger partial charge >= 0.3 is 0 Å². The molecule has 3 heteroatoms. The van der Waals surface area contributed by atoms with Gasteiger partial charge in [0.25, 0.3) is 0 Å². The van der Waals surface area contributed by atoms with Crippen molar-refractivity contribution in [1.82, 2.24) is 15.1 Å². The van der Waals surface area contributed by atoms with Crippen LogP contribution in [0.25, 0.3) is 0 Å². The van der Waals surface area contributed by atoms with Crippen LogP contribution in [-0.4, -0.2) is 61.7 Å². The molecule has 0 aromatic heterocycles. The summed E-state index contributed by atoms with van der Waals surface area (Å²) >= 11 is 0. The van der Waals surface area contributed by atoms with Crippen LogP contribution in [0.4, 0.5) is 0 Å². The quantitative estimate of drug-likeness (QED) is 0.722. The van der Waals surface area contributed by atoms with Gasteiger partial charge in [0.1, 0.15) is 0 Å². The first-order valence-electron chi connectivity index (χ1n) is 6.32. The Morgan fingerprint density at radius 3 is 2.80 bits per heavy atom. The number of piperazine rings is 2. The van der Waals surface area contributed by atoms with Crippen LogP contribution in [0, 0.1) is 5.92 Å². The van der Waals surface area contributed by atoms with Crippen LogP contribution < -0.4 is 5.32 Å². The van der Waals surface area contributed by atoms with Gasteiger partial charge in [0.2, 0.25) is 0 Å². The molecule has 0 amide bonds. The number of likely N-dealkylation sites (N-methyl/N-ethyl adjacent to an activating group) is 1. The fourth-order valence-electron chi connectivity index (χ4n) is 2.98. The number of hydrogen-bond acceptors (Lipinski definition) is 3. The third-order valence-electron chi connectivity index (χ3n) is 3.70. The Balaban J connectivity index is 1.95. The lowest BCUT2D eigenvalue weighted by Gasteiger charge is -2.48. The Bertz CT molecular complexity index is 205. The van der Waals surface area contributed by atoms with Crippen LogP contribution in [0.1, 0.15) is 20.3 Å². The molecule has 0 aromatic rings. The van der Waals surface area contributed by atoms with Gasteiger partial charge in [-0.2, -0.15) is 0 Å². The highest BCUT2D eigenvalue weighted by atomic mass is 15.3. The summed E-state index contributed by atoms with van der Waals surface area (Å²) in [5.74, 6) is 0.815. The van der Waals surface area contributed by atoms with Crippen molar-refractivity contribution in [3.63, 3.8) is 0 Å². The summed E-state index contributed by atoms with van der Waals surface area (Å²) in [6, 6.07) is 1.53. The molecule has 2 aliphatic rings. The van der Waals surface area contributed by atoms with E-state index in [1.165, 1.54) is 39.1 Å². The summed E-state index contributed by atoms with van der Waals surface area (Å²) in [5, 5.41) is 3.59. The number of nitrogens with zero attached hydrogens (tertiary/aromatic N) is 2. The lowest BCUT2D eigenvalue weighted by atomic mass is 9.97. The summed E-state index contributed by atoms with van der Waals surface area (Å²) in [6.45, 7) is 10.8. The standard InChI is InChI=1S/C12H25N3/c1-10(2)6-11-7-13-8-12-9-14(3)4-5-15(11)12/h10-13H,4-9H2,1-3H3. The van der Waals surface area contributed by atoms with Crippen molar-refractivity contribution in [3.8, 4) is 0 Å². The Hall–Kier alpha value is -0.120. The van der Waals surface area contributed by atoms with Gasteiger partial charge in [-0.05, 0) is 19.4 Å².